The fraction of sp³-hybridized carbons (Fsp3) is 0.308. The van der Waals surface area contributed by atoms with Crippen molar-refractivity contribution in [2.75, 3.05) is 0 Å². The van der Waals surface area contributed by atoms with Gasteiger partial charge in [-0.3, -0.25) is 0 Å². The molecule has 0 aliphatic heterocycles. The quantitative estimate of drug-likeness (QED) is 0.476. The normalized spacial score (nSPS) is 37.8. The van der Waals surface area contributed by atoms with Crippen LogP contribution in [0, 0.1) is 5.41 Å². The molecule has 0 radical (unpaired) electrons. The Kier molecular flexibility index (Phi) is 2.27. The van der Waals surface area contributed by atoms with Crippen LogP contribution in [0.25, 0.3) is 0 Å². The lowest BCUT2D eigenvalue weighted by molar-refractivity contribution is 0.0997. The van der Waals surface area contributed by atoms with Crippen molar-refractivity contribution in [3.63, 3.8) is 0 Å². The van der Waals surface area contributed by atoms with Crippen molar-refractivity contribution >= 4 is 0 Å². The van der Waals surface area contributed by atoms with E-state index in [9.17, 15) is 0 Å². The van der Waals surface area contributed by atoms with Crippen LogP contribution in [-0.4, -0.2) is 0 Å². The molecule has 3 aliphatic rings. The Morgan fingerprint density at radius 1 is 0.385 bits per heavy atom. The van der Waals surface area contributed by atoms with Gasteiger partial charge < -0.3 is 0 Å². The lowest BCUT2D eigenvalue weighted by atomic mass is 9.52. The van der Waals surface area contributed by atoms with E-state index in [-0.39, 0.29) is 21.7 Å². The van der Waals surface area contributed by atoms with E-state index in [1.165, 1.54) is 33.4 Å². The summed E-state index contributed by atoms with van der Waals surface area (Å²) >= 11 is 0. The second-order valence-electron chi connectivity index (χ2n) is 9.14. The second-order valence-corrected chi connectivity index (χ2v) is 9.14. The van der Waals surface area contributed by atoms with E-state index < -0.39 is 0 Å². The first-order chi connectivity index (χ1) is 12.4. The van der Waals surface area contributed by atoms with Crippen molar-refractivity contribution in [2.24, 2.45) is 5.41 Å². The third-order valence-electron chi connectivity index (χ3n) is 9.01. The van der Waals surface area contributed by atoms with E-state index >= 15 is 0 Å². The van der Waals surface area contributed by atoms with Gasteiger partial charge in [0.2, 0.25) is 0 Å². The number of benzene rings is 3. The summed E-state index contributed by atoms with van der Waals surface area (Å²) in [5, 5.41) is 0. The molecule has 0 spiro atoms. The van der Waals surface area contributed by atoms with Crippen LogP contribution in [0.4, 0.5) is 0 Å². The number of hydrogen-bond donors (Lipinski definition) is 0. The van der Waals surface area contributed by atoms with Gasteiger partial charge in [0.15, 0.2) is 0 Å². The maximum atomic E-state index is 2.56. The molecule has 0 heterocycles. The highest BCUT2D eigenvalue weighted by atomic mass is 14.8. The minimum absolute atomic E-state index is 0.0166. The molecular weight excluding hydrogens is 312 g/mol. The summed E-state index contributed by atoms with van der Waals surface area (Å²) in [6.07, 6.45) is 0. The molecule has 0 bridgehead atoms. The fourth-order valence-electron chi connectivity index (χ4n) is 7.62. The summed E-state index contributed by atoms with van der Waals surface area (Å²) in [5.74, 6) is 0. The van der Waals surface area contributed by atoms with E-state index in [0.29, 0.717) is 0 Å². The molecule has 0 nitrogen and oxygen atoms in total. The molecule has 0 saturated heterocycles. The van der Waals surface area contributed by atoms with E-state index in [2.05, 4.69) is 100 Å². The third kappa shape index (κ3) is 1.05. The van der Waals surface area contributed by atoms with Gasteiger partial charge in [0.1, 0.15) is 0 Å². The van der Waals surface area contributed by atoms with Crippen LogP contribution >= 0.6 is 0 Å². The van der Waals surface area contributed by atoms with Gasteiger partial charge in [-0.2, -0.15) is 0 Å². The molecular formula is C26H24. The highest BCUT2D eigenvalue weighted by Crippen LogP contribution is 2.81. The molecule has 0 aromatic heterocycles. The first-order valence-electron chi connectivity index (χ1n) is 9.73. The zero-order chi connectivity index (χ0) is 17.9. The summed E-state index contributed by atoms with van der Waals surface area (Å²) in [6, 6.07) is 27.7. The fourth-order valence-corrected chi connectivity index (χ4v) is 7.62. The molecule has 0 heteroatoms. The van der Waals surface area contributed by atoms with Gasteiger partial charge >= 0.3 is 0 Å². The molecule has 3 aromatic carbocycles. The predicted octanol–water partition coefficient (Wildman–Crippen LogP) is 5.95. The van der Waals surface area contributed by atoms with Crippen LogP contribution in [0.2, 0.25) is 0 Å². The Morgan fingerprint density at radius 2 is 0.577 bits per heavy atom. The predicted molar refractivity (Wildman–Crippen MR) is 107 cm³/mol. The average Bonchev–Trinajstić information content (AvgIpc) is 3.05. The summed E-state index contributed by atoms with van der Waals surface area (Å²) in [5.41, 5.74) is 9.27. The average molecular weight is 336 g/mol. The zero-order valence-corrected chi connectivity index (χ0v) is 15.9. The SMILES string of the molecule is CC12c3ccccc3C3(C)c4ccccc4C(C)(c4ccccc41)C23C. The molecule has 0 saturated carbocycles. The molecule has 0 N–H and O–H groups in total. The topological polar surface area (TPSA) is 0 Å². The number of rotatable bonds is 0. The number of hydrogen-bond acceptors (Lipinski definition) is 0. The molecule has 6 rings (SSSR count). The summed E-state index contributed by atoms with van der Waals surface area (Å²) in [6.45, 7) is 10.1. The van der Waals surface area contributed by atoms with Crippen LogP contribution in [0.1, 0.15) is 61.1 Å². The van der Waals surface area contributed by atoms with Crippen molar-refractivity contribution in [3.8, 4) is 0 Å². The molecule has 26 heavy (non-hydrogen) atoms. The van der Waals surface area contributed by atoms with Crippen molar-refractivity contribution < 1.29 is 0 Å². The molecule has 0 unspecified atom stereocenters. The minimum Gasteiger partial charge on any atom is -0.0619 e. The Balaban J connectivity index is 1.93. The van der Waals surface area contributed by atoms with Gasteiger partial charge in [-0.15, -0.1) is 0 Å². The van der Waals surface area contributed by atoms with Crippen LogP contribution in [0.5, 0.6) is 0 Å². The monoisotopic (exact) mass is 336 g/mol. The van der Waals surface area contributed by atoms with Crippen molar-refractivity contribution in [1.82, 2.24) is 0 Å². The maximum absolute atomic E-state index is 2.56. The highest BCUT2D eigenvalue weighted by molar-refractivity contribution is 5.76. The zero-order valence-electron chi connectivity index (χ0n) is 15.9. The smallest absolute Gasteiger partial charge is 0.0257 e. The van der Waals surface area contributed by atoms with E-state index in [0.717, 1.165) is 0 Å². The van der Waals surface area contributed by atoms with Crippen LogP contribution in [-0.2, 0) is 16.2 Å². The first-order valence-corrected chi connectivity index (χ1v) is 9.73. The van der Waals surface area contributed by atoms with E-state index in [1.807, 2.05) is 0 Å². The minimum atomic E-state index is 0.0166. The maximum Gasteiger partial charge on any atom is 0.0257 e. The Bertz CT molecular complexity index is 892. The molecule has 0 atom stereocenters. The molecule has 3 aliphatic carbocycles. The van der Waals surface area contributed by atoms with Crippen molar-refractivity contribution in [2.45, 2.75) is 43.9 Å². The lowest BCUT2D eigenvalue weighted by Gasteiger charge is -2.49. The molecule has 128 valence electrons. The largest absolute Gasteiger partial charge is 0.0619 e. The summed E-state index contributed by atoms with van der Waals surface area (Å²) in [7, 11) is 0. The van der Waals surface area contributed by atoms with Gasteiger partial charge in [0, 0.05) is 21.7 Å². The number of fused-ring (bicyclic) bond motifs is 9. The van der Waals surface area contributed by atoms with Crippen molar-refractivity contribution in [1.29, 1.82) is 0 Å². The summed E-state index contributed by atoms with van der Waals surface area (Å²) in [4.78, 5) is 0. The third-order valence-corrected chi connectivity index (χ3v) is 9.01. The van der Waals surface area contributed by atoms with Crippen molar-refractivity contribution in [3.05, 3.63) is 106 Å². The van der Waals surface area contributed by atoms with Gasteiger partial charge in [-0.1, -0.05) is 100 Å². The lowest BCUT2D eigenvalue weighted by Crippen LogP contribution is -2.51. The highest BCUT2D eigenvalue weighted by Gasteiger charge is 2.79. The van der Waals surface area contributed by atoms with Crippen LogP contribution < -0.4 is 0 Å². The van der Waals surface area contributed by atoms with Crippen LogP contribution in [0.3, 0.4) is 0 Å². The molecule has 0 amide bonds. The van der Waals surface area contributed by atoms with E-state index in [4.69, 9.17) is 0 Å². The molecule has 0 fully saturated rings. The Morgan fingerprint density at radius 3 is 0.769 bits per heavy atom. The van der Waals surface area contributed by atoms with Gasteiger partial charge in [0.05, 0.1) is 0 Å². The molecule has 3 aromatic rings. The van der Waals surface area contributed by atoms with E-state index in [1.54, 1.807) is 0 Å². The van der Waals surface area contributed by atoms with Crippen LogP contribution in [0.15, 0.2) is 72.8 Å². The van der Waals surface area contributed by atoms with Gasteiger partial charge in [-0.05, 0) is 33.4 Å². The first kappa shape index (κ1) is 14.8. The van der Waals surface area contributed by atoms with Gasteiger partial charge in [-0.25, -0.2) is 0 Å². The summed E-state index contributed by atoms with van der Waals surface area (Å²) < 4.78 is 0. The Hall–Kier alpha value is -2.34. The Labute approximate surface area is 155 Å². The standard InChI is InChI=1S/C26H24/c1-23-17-11-5-7-13-19(17)24(2)21-15-9-10-16-22(21)25(3,26(23,24)4)20-14-8-6-12-18(20)23/h5-16H,1-4H3. The van der Waals surface area contributed by atoms with Gasteiger partial charge in [0.25, 0.3) is 0 Å². The second kappa shape index (κ2) is 3.98.